The Bertz CT molecular complexity index is 484. The minimum absolute atomic E-state index is 0.178. The molecule has 0 aromatic heterocycles. The lowest BCUT2D eigenvalue weighted by molar-refractivity contribution is 0.0940. The summed E-state index contributed by atoms with van der Waals surface area (Å²) in [6.45, 7) is 2.59. The summed E-state index contributed by atoms with van der Waals surface area (Å²) in [5, 5.41) is 2.68. The van der Waals surface area contributed by atoms with Gasteiger partial charge in [0.15, 0.2) is 0 Å². The van der Waals surface area contributed by atoms with Crippen LogP contribution >= 0.6 is 0 Å². The Morgan fingerprint density at radius 3 is 2.61 bits per heavy atom. The van der Waals surface area contributed by atoms with E-state index in [-0.39, 0.29) is 16.7 Å². The summed E-state index contributed by atoms with van der Waals surface area (Å²) in [6, 6.07) is 1.67. The first kappa shape index (κ1) is 12.8. The molecule has 2 rings (SSSR count). The zero-order chi connectivity index (χ0) is 13.3. The molecule has 0 unspecified atom stereocenters. The van der Waals surface area contributed by atoms with Crippen molar-refractivity contribution in [3.05, 3.63) is 29.3 Å². The van der Waals surface area contributed by atoms with Crippen LogP contribution < -0.4 is 11.1 Å². The van der Waals surface area contributed by atoms with Crippen LogP contribution in [0, 0.1) is 17.0 Å². The number of halogens is 2. The molecular formula is C13H16F2N2O. The number of carbonyl (C=O) groups excluding carboxylic acids is 1. The lowest BCUT2D eigenvalue weighted by atomic mass is 10.0. The molecule has 1 amide bonds. The molecule has 0 heterocycles. The number of nitrogens with two attached hydrogens (primary N) is 1. The molecule has 98 valence electrons. The molecule has 0 atom stereocenters. The molecule has 1 aliphatic rings. The Balaban J connectivity index is 2.07. The van der Waals surface area contributed by atoms with Gasteiger partial charge in [-0.05, 0) is 30.7 Å². The Hall–Kier alpha value is -1.65. The molecule has 1 aromatic rings. The van der Waals surface area contributed by atoms with Crippen LogP contribution in [0.25, 0.3) is 0 Å². The number of hydrogen-bond acceptors (Lipinski definition) is 2. The normalized spacial score (nSPS) is 16.4. The zero-order valence-corrected chi connectivity index (χ0v) is 10.2. The third-order valence-electron chi connectivity index (χ3n) is 3.66. The molecule has 1 aliphatic carbocycles. The summed E-state index contributed by atoms with van der Waals surface area (Å²) in [5.41, 5.74) is 5.07. The monoisotopic (exact) mass is 254 g/mol. The number of hydrogen-bond donors (Lipinski definition) is 2. The number of nitrogens with one attached hydrogen (secondary N) is 1. The van der Waals surface area contributed by atoms with Gasteiger partial charge in [-0.15, -0.1) is 0 Å². The van der Waals surface area contributed by atoms with Gasteiger partial charge in [0.2, 0.25) is 0 Å². The van der Waals surface area contributed by atoms with Crippen LogP contribution in [0.15, 0.2) is 12.1 Å². The van der Waals surface area contributed by atoms with Crippen LogP contribution in [-0.2, 0) is 0 Å². The lowest BCUT2D eigenvalue weighted by Crippen LogP contribution is -2.30. The van der Waals surface area contributed by atoms with E-state index in [2.05, 4.69) is 12.2 Å². The average molecular weight is 254 g/mol. The maximum Gasteiger partial charge on any atom is 0.254 e. The molecule has 3 N–H and O–H groups in total. The van der Waals surface area contributed by atoms with Crippen LogP contribution in [0.1, 0.15) is 36.5 Å². The van der Waals surface area contributed by atoms with Gasteiger partial charge in [-0.25, -0.2) is 8.78 Å². The highest BCUT2D eigenvalue weighted by Gasteiger charge is 2.40. The Morgan fingerprint density at radius 1 is 1.39 bits per heavy atom. The quantitative estimate of drug-likeness (QED) is 0.811. The Labute approximate surface area is 104 Å². The van der Waals surface area contributed by atoms with Crippen molar-refractivity contribution in [1.29, 1.82) is 0 Å². The summed E-state index contributed by atoms with van der Waals surface area (Å²) in [7, 11) is 0. The predicted octanol–water partition coefficient (Wildman–Crippen LogP) is 2.47. The van der Waals surface area contributed by atoms with Crippen molar-refractivity contribution >= 4 is 11.6 Å². The molecule has 18 heavy (non-hydrogen) atoms. The Kier molecular flexibility index (Phi) is 3.24. The van der Waals surface area contributed by atoms with Gasteiger partial charge < -0.3 is 11.1 Å². The number of amides is 1. The SMILES string of the molecule is CCC1(CNC(=O)c2cc(N)c(F)cc2F)CC1. The zero-order valence-electron chi connectivity index (χ0n) is 10.2. The van der Waals surface area contributed by atoms with Gasteiger partial charge in [-0.3, -0.25) is 4.79 Å². The van der Waals surface area contributed by atoms with E-state index < -0.39 is 17.5 Å². The second-order valence-corrected chi connectivity index (χ2v) is 4.89. The van der Waals surface area contributed by atoms with Gasteiger partial charge in [-0.1, -0.05) is 6.92 Å². The van der Waals surface area contributed by atoms with Crippen molar-refractivity contribution in [3.8, 4) is 0 Å². The Morgan fingerprint density at radius 2 is 2.06 bits per heavy atom. The summed E-state index contributed by atoms with van der Waals surface area (Å²) in [5.74, 6) is -2.28. The number of anilines is 1. The number of carbonyl (C=O) groups is 1. The van der Waals surface area contributed by atoms with E-state index in [1.54, 1.807) is 0 Å². The predicted molar refractivity (Wildman–Crippen MR) is 65.1 cm³/mol. The van der Waals surface area contributed by atoms with Crippen LogP contribution in [-0.4, -0.2) is 12.5 Å². The van der Waals surface area contributed by atoms with E-state index in [9.17, 15) is 13.6 Å². The van der Waals surface area contributed by atoms with Gasteiger partial charge >= 0.3 is 0 Å². The number of benzene rings is 1. The fourth-order valence-electron chi connectivity index (χ4n) is 1.93. The third-order valence-corrected chi connectivity index (χ3v) is 3.66. The molecule has 0 radical (unpaired) electrons. The van der Waals surface area contributed by atoms with Crippen molar-refractivity contribution < 1.29 is 13.6 Å². The van der Waals surface area contributed by atoms with Gasteiger partial charge in [0.05, 0.1) is 11.3 Å². The molecule has 1 fully saturated rings. The van der Waals surface area contributed by atoms with Crippen LogP contribution in [0.3, 0.4) is 0 Å². The van der Waals surface area contributed by atoms with Crippen LogP contribution in [0.5, 0.6) is 0 Å². The van der Waals surface area contributed by atoms with E-state index in [0.717, 1.165) is 25.3 Å². The van der Waals surface area contributed by atoms with Gasteiger partial charge in [0.25, 0.3) is 5.91 Å². The standard InChI is InChI=1S/C13H16F2N2O/c1-2-13(3-4-13)7-17-12(18)8-5-11(16)10(15)6-9(8)14/h5-6H,2-4,7,16H2,1H3,(H,17,18). The average Bonchev–Trinajstić information content (AvgIpc) is 3.11. The molecule has 5 heteroatoms. The molecule has 1 saturated carbocycles. The van der Waals surface area contributed by atoms with E-state index in [1.165, 1.54) is 0 Å². The minimum atomic E-state index is -0.888. The molecule has 0 saturated heterocycles. The van der Waals surface area contributed by atoms with Crippen molar-refractivity contribution in [2.45, 2.75) is 26.2 Å². The van der Waals surface area contributed by atoms with Crippen molar-refractivity contribution in [2.75, 3.05) is 12.3 Å². The van der Waals surface area contributed by atoms with Gasteiger partial charge in [-0.2, -0.15) is 0 Å². The van der Waals surface area contributed by atoms with Crippen molar-refractivity contribution in [2.24, 2.45) is 5.41 Å². The smallest absolute Gasteiger partial charge is 0.254 e. The van der Waals surface area contributed by atoms with Gasteiger partial charge in [0, 0.05) is 12.6 Å². The molecule has 0 spiro atoms. The third kappa shape index (κ3) is 2.44. The van der Waals surface area contributed by atoms with E-state index in [0.29, 0.717) is 12.6 Å². The first-order chi connectivity index (χ1) is 8.47. The second-order valence-electron chi connectivity index (χ2n) is 4.89. The highest BCUT2D eigenvalue weighted by Crippen LogP contribution is 2.47. The first-order valence-corrected chi connectivity index (χ1v) is 6.00. The van der Waals surface area contributed by atoms with E-state index in [1.807, 2.05) is 0 Å². The fourth-order valence-corrected chi connectivity index (χ4v) is 1.93. The summed E-state index contributed by atoms with van der Waals surface area (Å²) < 4.78 is 26.4. The van der Waals surface area contributed by atoms with E-state index in [4.69, 9.17) is 5.73 Å². The topological polar surface area (TPSA) is 55.1 Å². The van der Waals surface area contributed by atoms with Gasteiger partial charge in [0.1, 0.15) is 11.6 Å². The maximum atomic E-state index is 13.4. The van der Waals surface area contributed by atoms with Crippen LogP contribution in [0.2, 0.25) is 0 Å². The van der Waals surface area contributed by atoms with Crippen LogP contribution in [0.4, 0.5) is 14.5 Å². The lowest BCUT2D eigenvalue weighted by Gasteiger charge is -2.14. The maximum absolute atomic E-state index is 13.4. The molecule has 0 aliphatic heterocycles. The van der Waals surface area contributed by atoms with Crippen molar-refractivity contribution in [3.63, 3.8) is 0 Å². The number of nitrogen functional groups attached to an aromatic ring is 1. The summed E-state index contributed by atoms with van der Waals surface area (Å²) >= 11 is 0. The highest BCUT2D eigenvalue weighted by atomic mass is 19.1. The molecule has 0 bridgehead atoms. The van der Waals surface area contributed by atoms with Crippen molar-refractivity contribution in [1.82, 2.24) is 5.32 Å². The minimum Gasteiger partial charge on any atom is -0.396 e. The molecular weight excluding hydrogens is 238 g/mol. The highest BCUT2D eigenvalue weighted by molar-refractivity contribution is 5.95. The largest absolute Gasteiger partial charge is 0.396 e. The second kappa shape index (κ2) is 4.55. The first-order valence-electron chi connectivity index (χ1n) is 6.00. The summed E-state index contributed by atoms with van der Waals surface area (Å²) in [6.07, 6.45) is 3.15. The summed E-state index contributed by atoms with van der Waals surface area (Å²) in [4.78, 5) is 11.8. The number of rotatable bonds is 4. The molecule has 1 aromatic carbocycles. The fraction of sp³-hybridized carbons (Fsp3) is 0.462. The van der Waals surface area contributed by atoms with E-state index >= 15 is 0 Å². The molecule has 3 nitrogen and oxygen atoms in total.